The zero-order valence-corrected chi connectivity index (χ0v) is 8.12. The first kappa shape index (κ1) is 10.6. The van der Waals surface area contributed by atoms with E-state index < -0.39 is 17.3 Å². The average molecular weight is 229 g/mol. The van der Waals surface area contributed by atoms with E-state index in [-0.39, 0.29) is 11.2 Å². The second kappa shape index (κ2) is 3.29. The highest BCUT2D eigenvalue weighted by molar-refractivity contribution is 5.42. The van der Waals surface area contributed by atoms with Gasteiger partial charge in [-0.25, -0.2) is 0 Å². The normalized spacial score (nSPS) is 12.0. The molecule has 0 amide bonds. The van der Waals surface area contributed by atoms with E-state index in [4.69, 9.17) is 0 Å². The summed E-state index contributed by atoms with van der Waals surface area (Å²) < 4.78 is 39.1. The Labute approximate surface area is 87.4 Å². The lowest BCUT2D eigenvalue weighted by Crippen LogP contribution is -2.21. The number of hydrogen-bond acceptors (Lipinski definition) is 3. The summed E-state index contributed by atoms with van der Waals surface area (Å²) >= 11 is 0. The molecule has 2 heterocycles. The van der Waals surface area contributed by atoms with Gasteiger partial charge in [0.05, 0.1) is 6.20 Å². The van der Waals surface area contributed by atoms with E-state index in [1.165, 1.54) is 0 Å². The molecule has 84 valence electrons. The summed E-state index contributed by atoms with van der Waals surface area (Å²) in [7, 11) is 0. The molecule has 4 nitrogen and oxygen atoms in total. The van der Waals surface area contributed by atoms with Crippen LogP contribution in [0.1, 0.15) is 11.3 Å². The van der Waals surface area contributed by atoms with E-state index in [0.29, 0.717) is 0 Å². The Hall–Kier alpha value is -1.92. The molecule has 0 spiro atoms. The van der Waals surface area contributed by atoms with Crippen LogP contribution in [0.15, 0.2) is 23.3 Å². The third-order valence-corrected chi connectivity index (χ3v) is 2.18. The standard InChI is InChI=1S/C9H6F3N3O/c1-5-6(16)4-7-14-13-2-3-15(7)8(5)9(10,11)12/h2-4H,1H3. The predicted molar refractivity (Wildman–Crippen MR) is 49.0 cm³/mol. The van der Waals surface area contributed by atoms with Crippen LogP contribution in [0.4, 0.5) is 13.2 Å². The maximum Gasteiger partial charge on any atom is 0.432 e. The van der Waals surface area contributed by atoms with Crippen molar-refractivity contribution < 1.29 is 13.2 Å². The molecule has 0 unspecified atom stereocenters. The summed E-state index contributed by atoms with van der Waals surface area (Å²) in [5.41, 5.74) is -2.18. The number of fused-ring (bicyclic) bond motifs is 1. The van der Waals surface area contributed by atoms with Gasteiger partial charge in [0.2, 0.25) is 0 Å². The molecule has 0 aromatic carbocycles. The molecule has 0 aliphatic carbocycles. The average Bonchev–Trinajstić information content (AvgIpc) is 2.17. The Morgan fingerprint density at radius 3 is 2.69 bits per heavy atom. The van der Waals surface area contributed by atoms with Crippen molar-refractivity contribution in [3.8, 4) is 0 Å². The summed E-state index contributed by atoms with van der Waals surface area (Å²) in [4.78, 5) is 11.3. The Bertz CT molecular complexity index is 603. The van der Waals surface area contributed by atoms with Gasteiger partial charge in [0.1, 0.15) is 5.69 Å². The number of aromatic nitrogens is 3. The topological polar surface area (TPSA) is 47.3 Å². The molecule has 0 bridgehead atoms. The predicted octanol–water partition coefficient (Wildman–Crippen LogP) is 1.42. The highest BCUT2D eigenvalue weighted by atomic mass is 19.4. The van der Waals surface area contributed by atoms with E-state index in [0.717, 1.165) is 29.8 Å². The highest BCUT2D eigenvalue weighted by Crippen LogP contribution is 2.30. The van der Waals surface area contributed by atoms with Crippen LogP contribution in [0.5, 0.6) is 0 Å². The maximum absolute atomic E-state index is 12.8. The second-order valence-electron chi connectivity index (χ2n) is 3.22. The minimum atomic E-state index is -4.60. The minimum Gasteiger partial charge on any atom is -0.294 e. The fraction of sp³-hybridized carbons (Fsp3) is 0.222. The zero-order valence-electron chi connectivity index (χ0n) is 8.12. The Morgan fingerprint density at radius 1 is 1.38 bits per heavy atom. The first-order valence-electron chi connectivity index (χ1n) is 4.32. The zero-order chi connectivity index (χ0) is 11.9. The Kier molecular flexibility index (Phi) is 2.18. The molecule has 0 saturated heterocycles. The van der Waals surface area contributed by atoms with E-state index in [9.17, 15) is 18.0 Å². The number of hydrogen-bond donors (Lipinski definition) is 0. The van der Waals surface area contributed by atoms with Gasteiger partial charge in [-0.15, -0.1) is 5.10 Å². The van der Waals surface area contributed by atoms with Crippen molar-refractivity contribution >= 4 is 5.65 Å². The lowest BCUT2D eigenvalue weighted by molar-refractivity contribution is -0.142. The molecule has 7 heteroatoms. The van der Waals surface area contributed by atoms with Crippen LogP contribution < -0.4 is 5.43 Å². The van der Waals surface area contributed by atoms with E-state index >= 15 is 0 Å². The highest BCUT2D eigenvalue weighted by Gasteiger charge is 2.36. The first-order chi connectivity index (χ1) is 7.41. The summed E-state index contributed by atoms with van der Waals surface area (Å²) in [6.45, 7) is 1.14. The summed E-state index contributed by atoms with van der Waals surface area (Å²) in [6.07, 6.45) is -2.35. The SMILES string of the molecule is Cc1c(C(F)(F)F)n2ccnnc2cc1=O. The first-order valence-corrected chi connectivity index (χ1v) is 4.32. The van der Waals surface area contributed by atoms with Gasteiger partial charge in [-0.05, 0) is 6.92 Å². The number of alkyl halides is 3. The molecule has 16 heavy (non-hydrogen) atoms. The minimum absolute atomic E-state index is 0.120. The van der Waals surface area contributed by atoms with Gasteiger partial charge >= 0.3 is 6.18 Å². The van der Waals surface area contributed by atoms with Gasteiger partial charge in [0, 0.05) is 17.8 Å². The third kappa shape index (κ3) is 1.54. The molecular formula is C9H6F3N3O. The molecule has 0 saturated carbocycles. The largest absolute Gasteiger partial charge is 0.432 e. The van der Waals surface area contributed by atoms with Crippen LogP contribution >= 0.6 is 0 Å². The molecule has 2 aromatic heterocycles. The van der Waals surface area contributed by atoms with Gasteiger partial charge in [0.25, 0.3) is 0 Å². The van der Waals surface area contributed by atoms with Crippen molar-refractivity contribution in [1.82, 2.24) is 14.6 Å². The lowest BCUT2D eigenvalue weighted by atomic mass is 10.2. The summed E-state index contributed by atoms with van der Waals surface area (Å²) in [6, 6.07) is 1.03. The molecule has 0 fully saturated rings. The van der Waals surface area contributed by atoms with Crippen LogP contribution in [0.3, 0.4) is 0 Å². The van der Waals surface area contributed by atoms with Gasteiger partial charge in [-0.2, -0.15) is 18.3 Å². The molecule has 0 radical (unpaired) electrons. The smallest absolute Gasteiger partial charge is 0.294 e. The van der Waals surface area contributed by atoms with Crippen molar-refractivity contribution in [2.75, 3.05) is 0 Å². The summed E-state index contributed by atoms with van der Waals surface area (Å²) in [5, 5.41) is 6.90. The van der Waals surface area contributed by atoms with Crippen LogP contribution in [-0.2, 0) is 6.18 Å². The van der Waals surface area contributed by atoms with Crippen molar-refractivity contribution in [2.45, 2.75) is 13.1 Å². The van der Waals surface area contributed by atoms with E-state index in [2.05, 4.69) is 10.2 Å². The van der Waals surface area contributed by atoms with Crippen molar-refractivity contribution in [2.24, 2.45) is 0 Å². The monoisotopic (exact) mass is 229 g/mol. The molecule has 0 atom stereocenters. The number of pyridine rings is 1. The number of rotatable bonds is 0. The van der Waals surface area contributed by atoms with Crippen LogP contribution in [-0.4, -0.2) is 14.6 Å². The van der Waals surface area contributed by atoms with Gasteiger partial charge in [0.15, 0.2) is 11.1 Å². The summed E-state index contributed by atoms with van der Waals surface area (Å²) in [5.74, 6) is 0. The van der Waals surface area contributed by atoms with Crippen LogP contribution in [0.25, 0.3) is 5.65 Å². The third-order valence-electron chi connectivity index (χ3n) is 2.18. The van der Waals surface area contributed by atoms with Crippen LogP contribution in [0.2, 0.25) is 0 Å². The van der Waals surface area contributed by atoms with E-state index in [1.54, 1.807) is 0 Å². The van der Waals surface area contributed by atoms with Crippen molar-refractivity contribution in [1.29, 1.82) is 0 Å². The van der Waals surface area contributed by atoms with Gasteiger partial charge in [-0.1, -0.05) is 0 Å². The molecule has 2 aromatic rings. The number of halogens is 3. The Morgan fingerprint density at radius 2 is 2.06 bits per heavy atom. The fourth-order valence-electron chi connectivity index (χ4n) is 1.47. The quantitative estimate of drug-likeness (QED) is 0.686. The molecule has 0 aliphatic heterocycles. The second-order valence-corrected chi connectivity index (χ2v) is 3.22. The Balaban J connectivity index is 2.99. The van der Waals surface area contributed by atoms with Crippen LogP contribution in [0, 0.1) is 6.92 Å². The lowest BCUT2D eigenvalue weighted by Gasteiger charge is -2.13. The fourth-order valence-corrected chi connectivity index (χ4v) is 1.47. The van der Waals surface area contributed by atoms with Crippen molar-refractivity contribution in [3.05, 3.63) is 39.9 Å². The molecule has 0 N–H and O–H groups in total. The molecule has 2 rings (SSSR count). The van der Waals surface area contributed by atoms with E-state index in [1.807, 2.05) is 0 Å². The molecular weight excluding hydrogens is 223 g/mol. The maximum atomic E-state index is 12.8. The van der Waals surface area contributed by atoms with Gasteiger partial charge in [-0.3, -0.25) is 9.20 Å². The van der Waals surface area contributed by atoms with Gasteiger partial charge < -0.3 is 0 Å². The molecule has 0 aliphatic rings. The van der Waals surface area contributed by atoms with Crippen molar-refractivity contribution in [3.63, 3.8) is 0 Å². The number of nitrogens with zero attached hydrogens (tertiary/aromatic N) is 3.